The summed E-state index contributed by atoms with van der Waals surface area (Å²) in [6, 6.07) is 14.2. The maximum absolute atomic E-state index is 6.13. The molecule has 2 aromatic carbocycles. The van der Waals surface area contributed by atoms with Gasteiger partial charge in [-0.05, 0) is 24.0 Å². The van der Waals surface area contributed by atoms with Crippen molar-refractivity contribution in [2.75, 3.05) is 14.2 Å². The van der Waals surface area contributed by atoms with Crippen LogP contribution in [-0.2, 0) is 6.61 Å². The van der Waals surface area contributed by atoms with E-state index in [1.807, 2.05) is 24.3 Å². The zero-order valence-corrected chi connectivity index (χ0v) is 15.2. The van der Waals surface area contributed by atoms with Gasteiger partial charge in [-0.15, -0.1) is 0 Å². The maximum atomic E-state index is 6.13. The maximum Gasteiger partial charge on any atom is 0.164 e. The number of benzene rings is 2. The van der Waals surface area contributed by atoms with Crippen LogP contribution in [-0.4, -0.2) is 14.2 Å². The molecule has 0 heterocycles. The van der Waals surface area contributed by atoms with Crippen LogP contribution in [0.25, 0.3) is 0 Å². The first-order valence-corrected chi connectivity index (χ1v) is 8.62. The van der Waals surface area contributed by atoms with E-state index in [9.17, 15) is 0 Å². The molecule has 0 aromatic heterocycles. The number of unbranched alkanes of at least 4 members (excludes halogenated alkanes) is 1. The fraction of sp³-hybridized carbons (Fsp3) is 0.429. The fourth-order valence-electron chi connectivity index (χ4n) is 2.79. The van der Waals surface area contributed by atoms with E-state index in [-0.39, 0.29) is 0 Å². The highest BCUT2D eigenvalue weighted by Crippen LogP contribution is 2.39. The zero-order valence-electron chi connectivity index (χ0n) is 15.2. The van der Waals surface area contributed by atoms with Gasteiger partial charge in [0.2, 0.25) is 0 Å². The van der Waals surface area contributed by atoms with Crippen molar-refractivity contribution in [3.05, 3.63) is 53.6 Å². The van der Waals surface area contributed by atoms with Crippen molar-refractivity contribution >= 4 is 0 Å². The molecule has 2 rings (SSSR count). The Labute approximate surface area is 145 Å². The molecular formula is C21H28O3. The first kappa shape index (κ1) is 18.2. The molecule has 0 aliphatic rings. The molecule has 0 N–H and O–H groups in total. The standard InChI is InChI=1S/C21H28O3/c1-5-6-10-16(2)18-13-20(22-3)21(23-4)14-19(18)24-15-17-11-8-7-9-12-17/h7-9,11-14,16H,5-6,10,15H2,1-4H3. The number of hydrogen-bond acceptors (Lipinski definition) is 3. The summed E-state index contributed by atoms with van der Waals surface area (Å²) in [5, 5.41) is 0. The monoisotopic (exact) mass is 328 g/mol. The Morgan fingerprint density at radius 3 is 2.21 bits per heavy atom. The molecule has 0 bridgehead atoms. The Morgan fingerprint density at radius 1 is 0.917 bits per heavy atom. The molecule has 1 unspecified atom stereocenters. The minimum atomic E-state index is 0.413. The lowest BCUT2D eigenvalue weighted by Gasteiger charge is -2.20. The van der Waals surface area contributed by atoms with Gasteiger partial charge in [-0.3, -0.25) is 0 Å². The van der Waals surface area contributed by atoms with E-state index in [1.165, 1.54) is 18.4 Å². The van der Waals surface area contributed by atoms with E-state index < -0.39 is 0 Å². The van der Waals surface area contributed by atoms with Gasteiger partial charge >= 0.3 is 0 Å². The minimum absolute atomic E-state index is 0.413. The smallest absolute Gasteiger partial charge is 0.164 e. The van der Waals surface area contributed by atoms with E-state index >= 15 is 0 Å². The molecule has 0 aliphatic carbocycles. The van der Waals surface area contributed by atoms with E-state index in [0.29, 0.717) is 18.3 Å². The highest BCUT2D eigenvalue weighted by Gasteiger charge is 2.17. The van der Waals surface area contributed by atoms with Crippen molar-refractivity contribution in [3.63, 3.8) is 0 Å². The minimum Gasteiger partial charge on any atom is -0.493 e. The highest BCUT2D eigenvalue weighted by molar-refractivity contribution is 5.52. The molecule has 3 heteroatoms. The number of ether oxygens (including phenoxy) is 3. The lowest BCUT2D eigenvalue weighted by Crippen LogP contribution is -2.03. The molecule has 0 spiro atoms. The highest BCUT2D eigenvalue weighted by atomic mass is 16.5. The van der Waals surface area contributed by atoms with Gasteiger partial charge in [-0.25, -0.2) is 0 Å². The van der Waals surface area contributed by atoms with Gasteiger partial charge in [0.15, 0.2) is 11.5 Å². The second-order valence-electron chi connectivity index (χ2n) is 6.06. The van der Waals surface area contributed by atoms with E-state index in [1.54, 1.807) is 14.2 Å². The van der Waals surface area contributed by atoms with Crippen molar-refractivity contribution in [1.29, 1.82) is 0 Å². The van der Waals surface area contributed by atoms with Crippen LogP contribution in [0.2, 0.25) is 0 Å². The quantitative estimate of drug-likeness (QED) is 0.601. The van der Waals surface area contributed by atoms with Crippen LogP contribution in [0.3, 0.4) is 0 Å². The zero-order chi connectivity index (χ0) is 17.4. The van der Waals surface area contributed by atoms with Crippen molar-refractivity contribution in [2.24, 2.45) is 0 Å². The van der Waals surface area contributed by atoms with E-state index in [2.05, 4.69) is 32.0 Å². The lowest BCUT2D eigenvalue weighted by molar-refractivity contribution is 0.294. The molecule has 0 amide bonds. The normalized spacial score (nSPS) is 11.8. The number of rotatable bonds is 9. The molecule has 2 aromatic rings. The van der Waals surface area contributed by atoms with Crippen molar-refractivity contribution in [2.45, 2.75) is 45.6 Å². The van der Waals surface area contributed by atoms with Crippen LogP contribution in [0.1, 0.15) is 50.2 Å². The summed E-state index contributed by atoms with van der Waals surface area (Å²) in [5.74, 6) is 2.74. The Hall–Kier alpha value is -2.16. The third-order valence-corrected chi connectivity index (χ3v) is 4.27. The molecule has 0 radical (unpaired) electrons. The summed E-state index contributed by atoms with van der Waals surface area (Å²) in [6.07, 6.45) is 3.53. The summed E-state index contributed by atoms with van der Waals surface area (Å²) < 4.78 is 17.0. The topological polar surface area (TPSA) is 27.7 Å². The van der Waals surface area contributed by atoms with Crippen LogP contribution in [0.4, 0.5) is 0 Å². The second-order valence-corrected chi connectivity index (χ2v) is 6.06. The Kier molecular flexibility index (Phi) is 6.98. The van der Waals surface area contributed by atoms with E-state index in [4.69, 9.17) is 14.2 Å². The summed E-state index contributed by atoms with van der Waals surface area (Å²) in [6.45, 7) is 5.00. The van der Waals surface area contributed by atoms with Crippen LogP contribution < -0.4 is 14.2 Å². The average Bonchev–Trinajstić information content (AvgIpc) is 2.64. The van der Waals surface area contributed by atoms with Crippen LogP contribution in [0.5, 0.6) is 17.2 Å². The predicted molar refractivity (Wildman–Crippen MR) is 98.3 cm³/mol. The third kappa shape index (κ3) is 4.67. The lowest BCUT2D eigenvalue weighted by atomic mass is 9.94. The Balaban J connectivity index is 2.27. The molecule has 1 atom stereocenters. The molecule has 3 nitrogen and oxygen atoms in total. The van der Waals surface area contributed by atoms with Gasteiger partial charge in [-0.2, -0.15) is 0 Å². The number of methoxy groups -OCH3 is 2. The van der Waals surface area contributed by atoms with Crippen LogP contribution in [0, 0.1) is 0 Å². The Bertz CT molecular complexity index is 622. The summed E-state index contributed by atoms with van der Waals surface area (Å²) in [4.78, 5) is 0. The van der Waals surface area contributed by atoms with Gasteiger partial charge in [0.1, 0.15) is 12.4 Å². The molecule has 24 heavy (non-hydrogen) atoms. The molecule has 0 saturated heterocycles. The molecule has 0 saturated carbocycles. The van der Waals surface area contributed by atoms with Crippen molar-refractivity contribution < 1.29 is 14.2 Å². The van der Waals surface area contributed by atoms with E-state index in [0.717, 1.165) is 23.5 Å². The SMILES string of the molecule is CCCCC(C)c1cc(OC)c(OC)cc1OCc1ccccc1. The third-order valence-electron chi connectivity index (χ3n) is 4.27. The summed E-state index contributed by atoms with van der Waals surface area (Å²) in [7, 11) is 3.32. The van der Waals surface area contributed by atoms with Crippen molar-refractivity contribution in [3.8, 4) is 17.2 Å². The largest absolute Gasteiger partial charge is 0.493 e. The molecule has 0 fully saturated rings. The first-order valence-electron chi connectivity index (χ1n) is 8.62. The van der Waals surface area contributed by atoms with Crippen LogP contribution in [0.15, 0.2) is 42.5 Å². The fourth-order valence-corrected chi connectivity index (χ4v) is 2.79. The second kappa shape index (κ2) is 9.21. The van der Waals surface area contributed by atoms with Crippen LogP contribution >= 0.6 is 0 Å². The predicted octanol–water partition coefficient (Wildman–Crippen LogP) is 5.58. The van der Waals surface area contributed by atoms with Gasteiger partial charge in [0, 0.05) is 11.6 Å². The Morgan fingerprint density at radius 2 is 1.58 bits per heavy atom. The van der Waals surface area contributed by atoms with Gasteiger partial charge in [0.25, 0.3) is 0 Å². The van der Waals surface area contributed by atoms with Gasteiger partial charge in [-0.1, -0.05) is 57.0 Å². The van der Waals surface area contributed by atoms with Crippen molar-refractivity contribution in [1.82, 2.24) is 0 Å². The summed E-state index contributed by atoms with van der Waals surface area (Å²) in [5.41, 5.74) is 2.33. The van der Waals surface area contributed by atoms with Gasteiger partial charge < -0.3 is 14.2 Å². The molecular weight excluding hydrogens is 300 g/mol. The first-order chi connectivity index (χ1) is 11.7. The molecule has 130 valence electrons. The molecule has 0 aliphatic heterocycles. The summed E-state index contributed by atoms with van der Waals surface area (Å²) >= 11 is 0. The van der Waals surface area contributed by atoms with Gasteiger partial charge in [0.05, 0.1) is 14.2 Å². The number of hydrogen-bond donors (Lipinski definition) is 0. The average molecular weight is 328 g/mol.